The summed E-state index contributed by atoms with van der Waals surface area (Å²) in [4.78, 5) is 28.0. The van der Waals surface area contributed by atoms with Crippen molar-refractivity contribution in [1.29, 1.82) is 0 Å². The molecule has 1 aromatic rings. The molecule has 3 fully saturated rings. The quantitative estimate of drug-likeness (QED) is 0.805. The monoisotopic (exact) mass is 357 g/mol. The molecule has 1 aromatic carbocycles. The van der Waals surface area contributed by atoms with Gasteiger partial charge in [0.05, 0.1) is 0 Å². The minimum absolute atomic E-state index is 0.0369. The van der Waals surface area contributed by atoms with E-state index in [0.717, 1.165) is 44.3 Å². The molecule has 3 heterocycles. The second-order valence-corrected chi connectivity index (χ2v) is 7.61. The lowest BCUT2D eigenvalue weighted by Crippen LogP contribution is -2.57. The van der Waals surface area contributed by atoms with E-state index in [1.54, 1.807) is 0 Å². The maximum Gasteiger partial charge on any atom is 0.325 e. The van der Waals surface area contributed by atoms with Gasteiger partial charge in [0.15, 0.2) is 0 Å². The largest absolute Gasteiger partial charge is 0.381 e. The SMILES string of the molecule is O=C1N[C@@](Cc2ccccc2)(C2CCNCC2)C(=O)N1C1CCOCC1. The maximum atomic E-state index is 13.6. The number of carbonyl (C=O) groups excluding carboxylic acids is 2. The van der Waals surface area contributed by atoms with Crippen LogP contribution in [0.1, 0.15) is 31.2 Å². The number of benzene rings is 1. The van der Waals surface area contributed by atoms with Gasteiger partial charge in [0, 0.05) is 25.7 Å². The normalized spacial score (nSPS) is 28.4. The highest BCUT2D eigenvalue weighted by atomic mass is 16.5. The zero-order valence-corrected chi connectivity index (χ0v) is 15.1. The first-order valence-corrected chi connectivity index (χ1v) is 9.69. The molecule has 3 aliphatic rings. The highest BCUT2D eigenvalue weighted by Crippen LogP contribution is 2.37. The summed E-state index contributed by atoms with van der Waals surface area (Å²) in [6.45, 7) is 3.00. The average molecular weight is 357 g/mol. The number of urea groups is 1. The number of imide groups is 1. The van der Waals surface area contributed by atoms with Gasteiger partial charge in [0.25, 0.3) is 5.91 Å². The summed E-state index contributed by atoms with van der Waals surface area (Å²) < 4.78 is 5.42. The number of nitrogens with one attached hydrogen (secondary N) is 2. The third kappa shape index (κ3) is 3.12. The lowest BCUT2D eigenvalue weighted by Gasteiger charge is -2.38. The molecule has 3 aliphatic heterocycles. The maximum absolute atomic E-state index is 13.6. The summed E-state index contributed by atoms with van der Waals surface area (Å²) >= 11 is 0. The number of hydrogen-bond donors (Lipinski definition) is 2. The van der Waals surface area contributed by atoms with E-state index < -0.39 is 5.54 Å². The fourth-order valence-electron chi connectivity index (χ4n) is 4.66. The molecule has 4 rings (SSSR count). The van der Waals surface area contributed by atoms with Gasteiger partial charge in [-0.2, -0.15) is 0 Å². The van der Waals surface area contributed by atoms with E-state index in [9.17, 15) is 9.59 Å². The van der Waals surface area contributed by atoms with Crippen molar-refractivity contribution in [2.75, 3.05) is 26.3 Å². The molecule has 26 heavy (non-hydrogen) atoms. The molecule has 6 nitrogen and oxygen atoms in total. The zero-order valence-electron chi connectivity index (χ0n) is 15.1. The van der Waals surface area contributed by atoms with Crippen LogP contribution in [0.15, 0.2) is 30.3 Å². The number of amides is 3. The van der Waals surface area contributed by atoms with Gasteiger partial charge in [0.2, 0.25) is 0 Å². The number of ether oxygens (including phenoxy) is 1. The minimum Gasteiger partial charge on any atom is -0.381 e. The van der Waals surface area contributed by atoms with Gasteiger partial charge in [0.1, 0.15) is 5.54 Å². The Morgan fingerprint density at radius 3 is 2.42 bits per heavy atom. The van der Waals surface area contributed by atoms with Crippen LogP contribution in [0.2, 0.25) is 0 Å². The molecule has 0 unspecified atom stereocenters. The van der Waals surface area contributed by atoms with Crippen LogP contribution in [-0.2, 0) is 16.0 Å². The van der Waals surface area contributed by atoms with Crippen molar-refractivity contribution in [3.63, 3.8) is 0 Å². The molecule has 1 atom stereocenters. The molecule has 0 aliphatic carbocycles. The first-order chi connectivity index (χ1) is 12.7. The summed E-state index contributed by atoms with van der Waals surface area (Å²) in [6.07, 6.45) is 3.82. The highest BCUT2D eigenvalue weighted by molar-refractivity contribution is 6.07. The van der Waals surface area contributed by atoms with Crippen LogP contribution < -0.4 is 10.6 Å². The van der Waals surface area contributed by atoms with Crippen LogP contribution in [0.3, 0.4) is 0 Å². The number of piperidine rings is 1. The van der Waals surface area contributed by atoms with Gasteiger partial charge in [-0.3, -0.25) is 9.69 Å². The van der Waals surface area contributed by atoms with Crippen molar-refractivity contribution < 1.29 is 14.3 Å². The first-order valence-electron chi connectivity index (χ1n) is 9.69. The Balaban J connectivity index is 1.66. The molecule has 6 heteroatoms. The Morgan fingerprint density at radius 1 is 1.04 bits per heavy atom. The third-order valence-electron chi connectivity index (χ3n) is 6.07. The third-order valence-corrected chi connectivity index (χ3v) is 6.07. The molecule has 2 N–H and O–H groups in total. The predicted octanol–water partition coefficient (Wildman–Crippen LogP) is 1.70. The molecule has 140 valence electrons. The number of nitrogens with zero attached hydrogens (tertiary/aromatic N) is 1. The van der Waals surface area contributed by atoms with Crippen LogP contribution in [0.4, 0.5) is 4.79 Å². The Bertz CT molecular complexity index is 654. The minimum atomic E-state index is -0.821. The van der Waals surface area contributed by atoms with E-state index in [-0.39, 0.29) is 23.9 Å². The van der Waals surface area contributed by atoms with Gasteiger partial charge < -0.3 is 15.4 Å². The van der Waals surface area contributed by atoms with Crippen molar-refractivity contribution in [3.05, 3.63) is 35.9 Å². The van der Waals surface area contributed by atoms with E-state index in [4.69, 9.17) is 4.74 Å². The zero-order chi connectivity index (χ0) is 18.0. The number of rotatable bonds is 4. The molecule has 3 amide bonds. The van der Waals surface area contributed by atoms with Crippen LogP contribution in [-0.4, -0.2) is 54.7 Å². The van der Waals surface area contributed by atoms with Crippen molar-refractivity contribution >= 4 is 11.9 Å². The van der Waals surface area contributed by atoms with E-state index in [1.807, 2.05) is 30.3 Å². The molecule has 0 saturated carbocycles. The Labute approximate surface area is 154 Å². The van der Waals surface area contributed by atoms with Gasteiger partial charge in [-0.25, -0.2) is 4.79 Å². The fraction of sp³-hybridized carbons (Fsp3) is 0.600. The van der Waals surface area contributed by atoms with E-state index in [1.165, 1.54) is 4.90 Å². The van der Waals surface area contributed by atoms with E-state index in [0.29, 0.717) is 19.6 Å². The predicted molar refractivity (Wildman–Crippen MR) is 97.7 cm³/mol. The molecule has 0 radical (unpaired) electrons. The topological polar surface area (TPSA) is 70.7 Å². The second-order valence-electron chi connectivity index (χ2n) is 7.61. The smallest absolute Gasteiger partial charge is 0.325 e. The lowest BCUT2D eigenvalue weighted by molar-refractivity contribution is -0.136. The fourth-order valence-corrected chi connectivity index (χ4v) is 4.66. The Hall–Kier alpha value is -1.92. The summed E-state index contributed by atoms with van der Waals surface area (Å²) in [5.74, 6) is 0.121. The standard InChI is InChI=1S/C20H27N3O3/c24-18-20(16-6-10-21-11-7-16,14-15-4-2-1-3-5-15)22-19(25)23(18)17-8-12-26-13-9-17/h1-5,16-17,21H,6-14H2,(H,22,25)/t20-/m0/s1. The first kappa shape index (κ1) is 17.5. The number of hydrogen-bond acceptors (Lipinski definition) is 4. The summed E-state index contributed by atoms with van der Waals surface area (Å²) in [7, 11) is 0. The average Bonchev–Trinajstić information content (AvgIpc) is 2.94. The molecular weight excluding hydrogens is 330 g/mol. The summed E-state index contributed by atoms with van der Waals surface area (Å²) in [5, 5.41) is 6.52. The van der Waals surface area contributed by atoms with Crippen molar-refractivity contribution in [1.82, 2.24) is 15.5 Å². The van der Waals surface area contributed by atoms with Gasteiger partial charge in [-0.1, -0.05) is 30.3 Å². The molecular formula is C20H27N3O3. The van der Waals surface area contributed by atoms with Gasteiger partial charge >= 0.3 is 6.03 Å². The van der Waals surface area contributed by atoms with E-state index in [2.05, 4.69) is 10.6 Å². The summed E-state index contributed by atoms with van der Waals surface area (Å²) in [5.41, 5.74) is 0.271. The Kier molecular flexibility index (Phi) is 4.96. The Morgan fingerprint density at radius 2 is 1.73 bits per heavy atom. The van der Waals surface area contributed by atoms with Gasteiger partial charge in [-0.15, -0.1) is 0 Å². The molecule has 0 spiro atoms. The van der Waals surface area contributed by atoms with Crippen molar-refractivity contribution in [2.24, 2.45) is 5.92 Å². The summed E-state index contributed by atoms with van der Waals surface area (Å²) in [6, 6.07) is 9.77. The van der Waals surface area contributed by atoms with Crippen molar-refractivity contribution in [3.8, 4) is 0 Å². The van der Waals surface area contributed by atoms with Crippen LogP contribution in [0.25, 0.3) is 0 Å². The lowest BCUT2D eigenvalue weighted by atomic mass is 9.74. The highest BCUT2D eigenvalue weighted by Gasteiger charge is 2.57. The van der Waals surface area contributed by atoms with Crippen LogP contribution in [0.5, 0.6) is 0 Å². The van der Waals surface area contributed by atoms with Crippen molar-refractivity contribution in [2.45, 2.75) is 43.7 Å². The molecule has 0 aromatic heterocycles. The van der Waals surface area contributed by atoms with E-state index >= 15 is 0 Å². The molecule has 0 bridgehead atoms. The van der Waals surface area contributed by atoms with Gasteiger partial charge in [-0.05, 0) is 50.3 Å². The van der Waals surface area contributed by atoms with Crippen LogP contribution >= 0.6 is 0 Å². The van der Waals surface area contributed by atoms with Crippen LogP contribution in [0, 0.1) is 5.92 Å². The number of carbonyl (C=O) groups is 2. The molecule has 3 saturated heterocycles. The second kappa shape index (κ2) is 7.37.